The van der Waals surface area contributed by atoms with Gasteiger partial charge in [0.25, 0.3) is 0 Å². The van der Waals surface area contributed by atoms with Crippen molar-refractivity contribution in [2.24, 2.45) is 0 Å². The quantitative estimate of drug-likeness (QED) is 0.517. The van der Waals surface area contributed by atoms with Crippen LogP contribution in [0.1, 0.15) is 28.8 Å². The molecule has 3 aromatic rings. The lowest BCUT2D eigenvalue weighted by Crippen LogP contribution is -2.49. The second-order valence-electron chi connectivity index (χ2n) is 8.14. The SMILES string of the molecule is COc1ccc(C)cc1C(=O)CCC(=O)N1CCN(c2ccc(-c3ccccc3)nn2)CC1. The molecule has 1 aliphatic rings. The van der Waals surface area contributed by atoms with Crippen molar-refractivity contribution >= 4 is 17.5 Å². The maximum Gasteiger partial charge on any atom is 0.223 e. The normalized spacial score (nSPS) is 13.6. The van der Waals surface area contributed by atoms with Crippen LogP contribution < -0.4 is 9.64 Å². The fourth-order valence-corrected chi connectivity index (χ4v) is 3.99. The van der Waals surface area contributed by atoms with Crippen molar-refractivity contribution in [2.45, 2.75) is 19.8 Å². The number of carbonyl (C=O) groups excluding carboxylic acids is 2. The van der Waals surface area contributed by atoms with Crippen molar-refractivity contribution in [1.29, 1.82) is 0 Å². The first-order valence-corrected chi connectivity index (χ1v) is 11.1. The second kappa shape index (κ2) is 10.3. The Kier molecular flexibility index (Phi) is 6.98. The van der Waals surface area contributed by atoms with Crippen LogP contribution in [0.25, 0.3) is 11.3 Å². The van der Waals surface area contributed by atoms with E-state index in [4.69, 9.17) is 4.74 Å². The van der Waals surface area contributed by atoms with Crippen molar-refractivity contribution in [3.63, 3.8) is 0 Å². The number of benzene rings is 2. The molecule has 1 fully saturated rings. The topological polar surface area (TPSA) is 75.6 Å². The summed E-state index contributed by atoms with van der Waals surface area (Å²) in [5, 5.41) is 8.74. The predicted octanol–water partition coefficient (Wildman–Crippen LogP) is 3.77. The van der Waals surface area contributed by atoms with E-state index >= 15 is 0 Å². The molecular formula is C26H28N4O3. The summed E-state index contributed by atoms with van der Waals surface area (Å²) < 4.78 is 5.30. The van der Waals surface area contributed by atoms with E-state index in [-0.39, 0.29) is 24.5 Å². The fraction of sp³-hybridized carbons (Fsp3) is 0.308. The van der Waals surface area contributed by atoms with Crippen LogP contribution in [0, 0.1) is 6.92 Å². The van der Waals surface area contributed by atoms with Crippen LogP contribution in [0.4, 0.5) is 5.82 Å². The van der Waals surface area contributed by atoms with Crippen LogP contribution in [0.15, 0.2) is 60.7 Å². The number of amides is 1. The van der Waals surface area contributed by atoms with Gasteiger partial charge in [-0.1, -0.05) is 42.0 Å². The van der Waals surface area contributed by atoms with Gasteiger partial charge < -0.3 is 14.5 Å². The van der Waals surface area contributed by atoms with Crippen LogP contribution in [0.3, 0.4) is 0 Å². The van der Waals surface area contributed by atoms with E-state index in [0.717, 1.165) is 22.6 Å². The van der Waals surface area contributed by atoms with Gasteiger partial charge in [0.2, 0.25) is 5.91 Å². The van der Waals surface area contributed by atoms with Gasteiger partial charge in [0, 0.05) is 44.6 Å². The molecule has 7 heteroatoms. The Hall–Kier alpha value is -3.74. The molecule has 1 saturated heterocycles. The van der Waals surface area contributed by atoms with Crippen molar-refractivity contribution in [3.05, 3.63) is 71.8 Å². The molecule has 170 valence electrons. The Morgan fingerprint density at radius 2 is 1.67 bits per heavy atom. The Morgan fingerprint density at radius 3 is 2.33 bits per heavy atom. The number of aromatic nitrogens is 2. The molecule has 7 nitrogen and oxygen atoms in total. The Bertz CT molecular complexity index is 1110. The summed E-state index contributed by atoms with van der Waals surface area (Å²) in [6.07, 6.45) is 0.368. The first kappa shape index (κ1) is 22.5. The van der Waals surface area contributed by atoms with Gasteiger partial charge in [-0.3, -0.25) is 9.59 Å². The largest absolute Gasteiger partial charge is 0.496 e. The van der Waals surface area contributed by atoms with Gasteiger partial charge in [0.05, 0.1) is 18.4 Å². The second-order valence-corrected chi connectivity index (χ2v) is 8.14. The van der Waals surface area contributed by atoms with Crippen LogP contribution in [-0.4, -0.2) is 60.1 Å². The molecule has 1 aromatic heterocycles. The minimum absolute atomic E-state index is 0.000120. The molecule has 0 aliphatic carbocycles. The number of ketones is 1. The highest BCUT2D eigenvalue weighted by molar-refractivity contribution is 6.00. The highest BCUT2D eigenvalue weighted by Gasteiger charge is 2.23. The van der Waals surface area contributed by atoms with E-state index < -0.39 is 0 Å². The number of rotatable bonds is 7. The monoisotopic (exact) mass is 444 g/mol. The van der Waals surface area contributed by atoms with Crippen molar-refractivity contribution in [1.82, 2.24) is 15.1 Å². The van der Waals surface area contributed by atoms with Crippen molar-refractivity contribution < 1.29 is 14.3 Å². The Labute approximate surface area is 194 Å². The molecule has 0 N–H and O–H groups in total. The summed E-state index contributed by atoms with van der Waals surface area (Å²) in [7, 11) is 1.55. The smallest absolute Gasteiger partial charge is 0.223 e. The van der Waals surface area contributed by atoms with Gasteiger partial charge in [0.1, 0.15) is 5.75 Å². The number of piperazine rings is 1. The van der Waals surface area contributed by atoms with Gasteiger partial charge in [-0.2, -0.15) is 0 Å². The number of Topliss-reactive ketones (excluding diaryl/α,β-unsaturated/α-hetero) is 1. The average Bonchev–Trinajstić information content (AvgIpc) is 2.87. The van der Waals surface area contributed by atoms with Gasteiger partial charge >= 0.3 is 0 Å². The molecule has 2 aromatic carbocycles. The zero-order valence-electron chi connectivity index (χ0n) is 19.0. The number of hydrogen-bond donors (Lipinski definition) is 0. The average molecular weight is 445 g/mol. The first-order chi connectivity index (χ1) is 16.0. The molecule has 1 aliphatic heterocycles. The summed E-state index contributed by atoms with van der Waals surface area (Å²) in [6, 6.07) is 19.4. The maximum atomic E-state index is 12.7. The Balaban J connectivity index is 1.29. The molecule has 33 heavy (non-hydrogen) atoms. The standard InChI is InChI=1S/C26H28N4O3/c1-19-8-11-24(33-2)21(18-19)23(31)10-13-26(32)30-16-14-29(15-17-30)25-12-9-22(27-28-25)20-6-4-3-5-7-20/h3-9,11-12,18H,10,13-17H2,1-2H3. The summed E-state index contributed by atoms with van der Waals surface area (Å²) >= 11 is 0. The van der Waals surface area contributed by atoms with Crippen molar-refractivity contribution in [3.8, 4) is 17.0 Å². The Morgan fingerprint density at radius 1 is 0.909 bits per heavy atom. The van der Waals surface area contributed by atoms with Crippen molar-refractivity contribution in [2.75, 3.05) is 38.2 Å². The molecule has 0 atom stereocenters. The predicted molar refractivity (Wildman–Crippen MR) is 128 cm³/mol. The van der Waals surface area contributed by atoms with Gasteiger partial charge in [0.15, 0.2) is 11.6 Å². The van der Waals surface area contributed by atoms with E-state index in [9.17, 15) is 9.59 Å². The third-order valence-corrected chi connectivity index (χ3v) is 5.90. The maximum absolute atomic E-state index is 12.7. The van der Waals surface area contributed by atoms with Gasteiger partial charge in [-0.25, -0.2) is 0 Å². The summed E-state index contributed by atoms with van der Waals surface area (Å²) in [6.45, 7) is 4.50. The summed E-state index contributed by atoms with van der Waals surface area (Å²) in [4.78, 5) is 29.3. The molecule has 1 amide bonds. The number of aryl methyl sites for hydroxylation is 1. The van der Waals surface area contributed by atoms with E-state index in [1.807, 2.05) is 66.4 Å². The molecule has 0 bridgehead atoms. The molecule has 0 unspecified atom stereocenters. The summed E-state index contributed by atoms with van der Waals surface area (Å²) in [5.41, 5.74) is 3.39. The zero-order valence-corrected chi connectivity index (χ0v) is 19.0. The highest BCUT2D eigenvalue weighted by atomic mass is 16.5. The van der Waals surface area contributed by atoms with Crippen LogP contribution in [0.2, 0.25) is 0 Å². The molecule has 2 heterocycles. The third-order valence-electron chi connectivity index (χ3n) is 5.90. The van der Waals surface area contributed by atoms with E-state index in [1.165, 1.54) is 0 Å². The molecule has 0 spiro atoms. The lowest BCUT2D eigenvalue weighted by molar-refractivity contribution is -0.131. The fourth-order valence-electron chi connectivity index (χ4n) is 3.99. The van der Waals surface area contributed by atoms with E-state index in [0.29, 0.717) is 37.5 Å². The lowest BCUT2D eigenvalue weighted by atomic mass is 10.0. The van der Waals surface area contributed by atoms with Crippen LogP contribution in [0.5, 0.6) is 5.75 Å². The third kappa shape index (κ3) is 5.37. The summed E-state index contributed by atoms with van der Waals surface area (Å²) in [5.74, 6) is 1.28. The minimum Gasteiger partial charge on any atom is -0.496 e. The molecule has 0 radical (unpaired) electrons. The molecule has 4 rings (SSSR count). The van der Waals surface area contributed by atoms with Crippen LogP contribution in [-0.2, 0) is 4.79 Å². The number of anilines is 1. The van der Waals surface area contributed by atoms with Gasteiger partial charge in [-0.15, -0.1) is 10.2 Å². The number of nitrogens with zero attached hydrogens (tertiary/aromatic N) is 4. The van der Waals surface area contributed by atoms with Gasteiger partial charge in [-0.05, 0) is 31.2 Å². The first-order valence-electron chi connectivity index (χ1n) is 11.1. The molecular weight excluding hydrogens is 416 g/mol. The number of hydrogen-bond acceptors (Lipinski definition) is 6. The number of carbonyl (C=O) groups is 2. The number of methoxy groups -OCH3 is 1. The number of ether oxygens (including phenoxy) is 1. The highest BCUT2D eigenvalue weighted by Crippen LogP contribution is 2.22. The molecule has 0 saturated carbocycles. The lowest BCUT2D eigenvalue weighted by Gasteiger charge is -2.35. The van der Waals surface area contributed by atoms with E-state index in [2.05, 4.69) is 15.1 Å². The van der Waals surface area contributed by atoms with E-state index in [1.54, 1.807) is 13.2 Å². The minimum atomic E-state index is -0.0729. The van der Waals surface area contributed by atoms with Crippen LogP contribution >= 0.6 is 0 Å². The zero-order chi connectivity index (χ0) is 23.2.